The van der Waals surface area contributed by atoms with Crippen LogP contribution >= 0.6 is 11.6 Å². The van der Waals surface area contributed by atoms with Crippen molar-refractivity contribution < 1.29 is 14.3 Å². The number of rotatable bonds is 18. The van der Waals surface area contributed by atoms with E-state index in [0.29, 0.717) is 6.42 Å². The zero-order valence-corrected chi connectivity index (χ0v) is 15.5. The predicted octanol–water partition coefficient (Wildman–Crippen LogP) is 6.17. The van der Waals surface area contributed by atoms with Crippen LogP contribution < -0.4 is 0 Å². The number of alkyl halides is 1. The highest BCUT2D eigenvalue weighted by Gasteiger charge is 2.01. The summed E-state index contributed by atoms with van der Waals surface area (Å²) in [6.45, 7) is 0. The fourth-order valence-corrected chi connectivity index (χ4v) is 2.87. The summed E-state index contributed by atoms with van der Waals surface area (Å²) >= 11 is 5.32. The third-order valence-electron chi connectivity index (χ3n) is 4.17. The Morgan fingerprint density at radius 3 is 1.48 bits per heavy atom. The van der Waals surface area contributed by atoms with Crippen molar-refractivity contribution in [3.8, 4) is 0 Å². The van der Waals surface area contributed by atoms with Crippen LogP contribution in [0.25, 0.3) is 0 Å². The van der Waals surface area contributed by atoms with Crippen LogP contribution in [-0.2, 0) is 14.3 Å². The first-order valence-electron chi connectivity index (χ1n) is 9.46. The van der Waals surface area contributed by atoms with E-state index in [4.69, 9.17) is 11.6 Å². The lowest BCUT2D eigenvalue weighted by molar-refractivity contribution is -0.141. The molecule has 0 bridgehead atoms. The molecule has 3 nitrogen and oxygen atoms in total. The van der Waals surface area contributed by atoms with Gasteiger partial charge in [-0.05, 0) is 12.8 Å². The zero-order valence-electron chi connectivity index (χ0n) is 14.7. The van der Waals surface area contributed by atoms with Gasteiger partial charge in [0, 0.05) is 12.8 Å². The molecule has 23 heavy (non-hydrogen) atoms. The second-order valence-corrected chi connectivity index (χ2v) is 6.50. The molecule has 0 amide bonds. The van der Waals surface area contributed by atoms with E-state index in [1.54, 1.807) is 0 Å². The average Bonchev–Trinajstić information content (AvgIpc) is 2.54. The van der Waals surface area contributed by atoms with E-state index in [9.17, 15) is 9.59 Å². The van der Waals surface area contributed by atoms with Gasteiger partial charge in [0.1, 0.15) is 6.29 Å². The summed E-state index contributed by atoms with van der Waals surface area (Å²) < 4.78 is 4.68. The van der Waals surface area contributed by atoms with E-state index in [1.807, 2.05) is 0 Å². The Labute approximate surface area is 147 Å². The van der Waals surface area contributed by atoms with E-state index in [2.05, 4.69) is 4.74 Å². The molecule has 0 fully saturated rings. The summed E-state index contributed by atoms with van der Waals surface area (Å²) in [5.41, 5.74) is 0. The Kier molecular flexibility index (Phi) is 19.0. The van der Waals surface area contributed by atoms with Crippen molar-refractivity contribution in [1.29, 1.82) is 0 Å². The van der Waals surface area contributed by atoms with E-state index >= 15 is 0 Å². The molecule has 0 heterocycles. The molecule has 0 aliphatic rings. The smallest absolute Gasteiger partial charge is 0.306 e. The Morgan fingerprint density at radius 1 is 0.696 bits per heavy atom. The third-order valence-corrected chi connectivity index (χ3v) is 4.28. The standard InChI is InChI=1S/C19H35ClO3/c20-18-23-19(22)16-14-12-10-8-6-4-2-1-3-5-7-9-11-13-15-17-21/h17H,1-16,18H2. The molecule has 0 aromatic heterocycles. The van der Waals surface area contributed by atoms with Crippen molar-refractivity contribution in [3.63, 3.8) is 0 Å². The summed E-state index contributed by atoms with van der Waals surface area (Å²) in [5.74, 6) is -0.177. The van der Waals surface area contributed by atoms with Crippen molar-refractivity contribution >= 4 is 23.9 Å². The summed E-state index contributed by atoms with van der Waals surface area (Å²) in [7, 11) is 0. The quantitative estimate of drug-likeness (QED) is 0.129. The van der Waals surface area contributed by atoms with Gasteiger partial charge in [-0.15, -0.1) is 0 Å². The number of esters is 1. The number of aldehydes is 1. The number of ether oxygens (including phenoxy) is 1. The van der Waals surface area contributed by atoms with Crippen LogP contribution in [0.3, 0.4) is 0 Å². The zero-order chi connectivity index (χ0) is 17.0. The van der Waals surface area contributed by atoms with Gasteiger partial charge in [-0.25, -0.2) is 0 Å². The molecule has 0 rings (SSSR count). The Hall–Kier alpha value is -0.570. The minimum absolute atomic E-state index is 0.0288. The lowest BCUT2D eigenvalue weighted by atomic mass is 10.0. The van der Waals surface area contributed by atoms with Crippen LogP contribution in [-0.4, -0.2) is 18.3 Å². The predicted molar refractivity (Wildman–Crippen MR) is 96.7 cm³/mol. The summed E-state index contributed by atoms with van der Waals surface area (Å²) in [4.78, 5) is 21.2. The number of carbonyl (C=O) groups excluding carboxylic acids is 2. The van der Waals surface area contributed by atoms with Gasteiger partial charge < -0.3 is 9.53 Å². The van der Waals surface area contributed by atoms with Gasteiger partial charge in [0.15, 0.2) is 6.07 Å². The normalized spacial score (nSPS) is 10.7. The minimum atomic E-state index is -0.177. The number of carbonyl (C=O) groups is 2. The lowest BCUT2D eigenvalue weighted by Gasteiger charge is -2.03. The Balaban J connectivity index is 3.02. The Bertz CT molecular complexity index is 269. The summed E-state index contributed by atoms with van der Waals surface area (Å²) in [6, 6.07) is -0.0288. The highest BCUT2D eigenvalue weighted by atomic mass is 35.5. The molecular weight excluding hydrogens is 312 g/mol. The highest BCUT2D eigenvalue weighted by molar-refractivity contribution is 6.17. The molecule has 0 aromatic carbocycles. The SMILES string of the molecule is O=CCCCCCCCCCCCCCCCCC(=O)OCCl. The van der Waals surface area contributed by atoms with E-state index in [-0.39, 0.29) is 12.0 Å². The van der Waals surface area contributed by atoms with Crippen molar-refractivity contribution in [2.24, 2.45) is 0 Å². The molecule has 0 aliphatic heterocycles. The van der Waals surface area contributed by atoms with E-state index in [1.165, 1.54) is 70.6 Å². The fourth-order valence-electron chi connectivity index (χ4n) is 2.75. The average molecular weight is 347 g/mol. The van der Waals surface area contributed by atoms with Gasteiger partial charge in [-0.2, -0.15) is 0 Å². The van der Waals surface area contributed by atoms with Gasteiger partial charge in [0.05, 0.1) is 0 Å². The molecule has 136 valence electrons. The lowest BCUT2D eigenvalue weighted by Crippen LogP contribution is -2.01. The molecule has 0 unspecified atom stereocenters. The van der Waals surface area contributed by atoms with Crippen LogP contribution in [0.15, 0.2) is 0 Å². The molecule has 0 saturated carbocycles. The third kappa shape index (κ3) is 19.4. The molecule has 4 heteroatoms. The van der Waals surface area contributed by atoms with Gasteiger partial charge >= 0.3 is 5.97 Å². The molecule has 0 aromatic rings. The maximum absolute atomic E-state index is 11.1. The van der Waals surface area contributed by atoms with Crippen LogP contribution in [0.2, 0.25) is 0 Å². The molecule has 0 N–H and O–H groups in total. The van der Waals surface area contributed by atoms with Crippen molar-refractivity contribution in [2.45, 2.75) is 103 Å². The van der Waals surface area contributed by atoms with Crippen LogP contribution in [0.5, 0.6) is 0 Å². The topological polar surface area (TPSA) is 43.4 Å². The van der Waals surface area contributed by atoms with Crippen molar-refractivity contribution in [1.82, 2.24) is 0 Å². The minimum Gasteiger partial charge on any atom is -0.449 e. The van der Waals surface area contributed by atoms with E-state index in [0.717, 1.165) is 32.0 Å². The maximum atomic E-state index is 11.1. The largest absolute Gasteiger partial charge is 0.449 e. The number of halogens is 1. The first kappa shape index (κ1) is 22.4. The second-order valence-electron chi connectivity index (χ2n) is 6.28. The first-order chi connectivity index (χ1) is 11.3. The van der Waals surface area contributed by atoms with Crippen molar-refractivity contribution in [3.05, 3.63) is 0 Å². The van der Waals surface area contributed by atoms with Gasteiger partial charge in [0.25, 0.3) is 0 Å². The van der Waals surface area contributed by atoms with Gasteiger partial charge in [-0.1, -0.05) is 88.7 Å². The van der Waals surface area contributed by atoms with Crippen LogP contribution in [0.1, 0.15) is 103 Å². The van der Waals surface area contributed by atoms with Crippen LogP contribution in [0, 0.1) is 0 Å². The number of unbranched alkanes of at least 4 members (excludes halogenated alkanes) is 14. The summed E-state index contributed by atoms with van der Waals surface area (Å²) in [6.07, 6.45) is 19.7. The molecule has 0 aliphatic carbocycles. The van der Waals surface area contributed by atoms with Gasteiger partial charge in [0.2, 0.25) is 0 Å². The fraction of sp³-hybridized carbons (Fsp3) is 0.895. The molecule has 0 radical (unpaired) electrons. The second kappa shape index (κ2) is 19.5. The van der Waals surface area contributed by atoms with Crippen LogP contribution in [0.4, 0.5) is 0 Å². The maximum Gasteiger partial charge on any atom is 0.306 e. The highest BCUT2D eigenvalue weighted by Crippen LogP contribution is 2.13. The molecule has 0 spiro atoms. The van der Waals surface area contributed by atoms with Gasteiger partial charge in [-0.3, -0.25) is 4.79 Å². The first-order valence-corrected chi connectivity index (χ1v) is 10.00. The number of hydrogen-bond donors (Lipinski definition) is 0. The monoisotopic (exact) mass is 346 g/mol. The molecular formula is C19H35ClO3. The molecule has 0 atom stereocenters. The van der Waals surface area contributed by atoms with Crippen molar-refractivity contribution in [2.75, 3.05) is 6.07 Å². The Morgan fingerprint density at radius 2 is 1.09 bits per heavy atom. The molecule has 0 saturated heterocycles. The number of hydrogen-bond acceptors (Lipinski definition) is 3. The summed E-state index contributed by atoms with van der Waals surface area (Å²) in [5, 5.41) is 0. The van der Waals surface area contributed by atoms with E-state index < -0.39 is 0 Å².